The molecule has 0 radical (unpaired) electrons. The molecule has 1 aliphatic heterocycles. The van der Waals surface area contributed by atoms with Gasteiger partial charge in [-0.1, -0.05) is 60.7 Å². The molecule has 2 aromatic carbocycles. The molecule has 0 aliphatic carbocycles. The molecule has 0 spiro atoms. The molecule has 22 heavy (non-hydrogen) atoms. The van der Waals surface area contributed by atoms with Crippen LogP contribution >= 0.6 is 0 Å². The van der Waals surface area contributed by atoms with Crippen molar-refractivity contribution in [3.63, 3.8) is 0 Å². The molecule has 0 unspecified atom stereocenters. The van der Waals surface area contributed by atoms with E-state index in [1.165, 1.54) is 0 Å². The van der Waals surface area contributed by atoms with E-state index in [9.17, 15) is 4.79 Å². The zero-order valence-corrected chi connectivity index (χ0v) is 12.4. The van der Waals surface area contributed by atoms with Crippen molar-refractivity contribution in [2.24, 2.45) is 0 Å². The molecule has 3 rings (SSSR count). The molecule has 1 saturated heterocycles. The topological polar surface area (TPSA) is 29.5 Å². The first-order valence-electron chi connectivity index (χ1n) is 7.54. The highest BCUT2D eigenvalue weighted by Crippen LogP contribution is 2.18. The second-order valence-electron chi connectivity index (χ2n) is 5.23. The number of Topliss-reactive ketones (excluding diaryl/α,β-unsaturated/α-hetero) is 1. The zero-order chi connectivity index (χ0) is 15.2. The highest BCUT2D eigenvalue weighted by atomic mass is 16.5. The Morgan fingerprint density at radius 3 is 2.14 bits per heavy atom. The van der Waals surface area contributed by atoms with Crippen molar-refractivity contribution in [3.8, 4) is 0 Å². The van der Waals surface area contributed by atoms with Crippen LogP contribution in [-0.4, -0.2) is 37.0 Å². The van der Waals surface area contributed by atoms with Gasteiger partial charge in [-0.15, -0.1) is 0 Å². The molecular formula is C19H19NO2. The van der Waals surface area contributed by atoms with Crippen LogP contribution in [0.4, 0.5) is 0 Å². The highest BCUT2D eigenvalue weighted by Gasteiger charge is 2.21. The van der Waals surface area contributed by atoms with Crippen LogP contribution in [0.3, 0.4) is 0 Å². The van der Waals surface area contributed by atoms with E-state index in [1.807, 2.05) is 66.7 Å². The number of morpholine rings is 1. The Bertz CT molecular complexity index is 644. The number of nitrogens with zero attached hydrogens (tertiary/aromatic N) is 1. The highest BCUT2D eigenvalue weighted by molar-refractivity contribution is 6.10. The van der Waals surface area contributed by atoms with Gasteiger partial charge in [0.05, 0.1) is 18.9 Å². The van der Waals surface area contributed by atoms with E-state index < -0.39 is 0 Å². The van der Waals surface area contributed by atoms with Crippen LogP contribution in [0.25, 0.3) is 6.08 Å². The van der Waals surface area contributed by atoms with Crippen LogP contribution in [0, 0.1) is 0 Å². The Hall–Kier alpha value is -2.39. The molecule has 0 atom stereocenters. The average Bonchev–Trinajstić information content (AvgIpc) is 2.61. The van der Waals surface area contributed by atoms with E-state index in [0.717, 1.165) is 29.9 Å². The quantitative estimate of drug-likeness (QED) is 0.640. The fourth-order valence-corrected chi connectivity index (χ4v) is 2.55. The molecule has 0 aromatic heterocycles. The lowest BCUT2D eigenvalue weighted by Gasteiger charge is -2.30. The average molecular weight is 293 g/mol. The van der Waals surface area contributed by atoms with E-state index in [0.29, 0.717) is 13.2 Å². The molecule has 112 valence electrons. The summed E-state index contributed by atoms with van der Waals surface area (Å²) in [6, 6.07) is 19.4. The molecule has 1 heterocycles. The number of carbonyl (C=O) groups excluding carboxylic acids is 1. The van der Waals surface area contributed by atoms with E-state index in [4.69, 9.17) is 4.74 Å². The Labute approximate surface area is 130 Å². The number of hydrogen-bond donors (Lipinski definition) is 0. The van der Waals surface area contributed by atoms with Gasteiger partial charge in [-0.25, -0.2) is 0 Å². The summed E-state index contributed by atoms with van der Waals surface area (Å²) in [6.45, 7) is 2.82. The summed E-state index contributed by atoms with van der Waals surface area (Å²) in [6.07, 6.45) is 1.97. The number of ether oxygens (including phenoxy) is 1. The van der Waals surface area contributed by atoms with Gasteiger partial charge in [0, 0.05) is 18.7 Å². The van der Waals surface area contributed by atoms with Gasteiger partial charge in [0.25, 0.3) is 0 Å². The molecule has 0 bridgehead atoms. The van der Waals surface area contributed by atoms with Crippen molar-refractivity contribution in [1.29, 1.82) is 0 Å². The summed E-state index contributed by atoms with van der Waals surface area (Å²) in [4.78, 5) is 15.0. The number of ketones is 1. The van der Waals surface area contributed by atoms with Crippen LogP contribution in [0.2, 0.25) is 0 Å². The molecule has 1 aliphatic rings. The minimum atomic E-state index is 0.0614. The number of carbonyl (C=O) groups is 1. The lowest BCUT2D eigenvalue weighted by molar-refractivity contribution is 0.0512. The monoisotopic (exact) mass is 293 g/mol. The van der Waals surface area contributed by atoms with Gasteiger partial charge < -0.3 is 9.64 Å². The second kappa shape index (κ2) is 7.05. The normalized spacial score (nSPS) is 15.6. The number of hydrogen-bond acceptors (Lipinski definition) is 3. The summed E-state index contributed by atoms with van der Waals surface area (Å²) in [7, 11) is 0. The molecule has 0 N–H and O–H groups in total. The predicted octanol–water partition coefficient (Wildman–Crippen LogP) is 3.24. The summed E-state index contributed by atoms with van der Waals surface area (Å²) in [5.74, 6) is 0.0614. The van der Waals surface area contributed by atoms with Crippen LogP contribution in [0.1, 0.15) is 15.9 Å². The summed E-state index contributed by atoms with van der Waals surface area (Å²) in [5, 5.41) is 0. The van der Waals surface area contributed by atoms with Crippen molar-refractivity contribution in [1.82, 2.24) is 4.90 Å². The Balaban J connectivity index is 1.95. The van der Waals surface area contributed by atoms with Gasteiger partial charge in [0.2, 0.25) is 5.78 Å². The largest absolute Gasteiger partial charge is 0.378 e. The molecule has 2 aromatic rings. The smallest absolute Gasteiger partial charge is 0.209 e. The Morgan fingerprint density at radius 2 is 1.50 bits per heavy atom. The van der Waals surface area contributed by atoms with Crippen LogP contribution in [-0.2, 0) is 4.74 Å². The lowest BCUT2D eigenvalue weighted by atomic mass is 10.0. The van der Waals surface area contributed by atoms with Gasteiger partial charge in [-0.3, -0.25) is 4.79 Å². The van der Waals surface area contributed by atoms with Crippen molar-refractivity contribution < 1.29 is 9.53 Å². The maximum absolute atomic E-state index is 12.9. The van der Waals surface area contributed by atoms with Crippen molar-refractivity contribution in [2.45, 2.75) is 0 Å². The van der Waals surface area contributed by atoms with Gasteiger partial charge in [-0.05, 0) is 11.6 Å². The maximum atomic E-state index is 12.9. The summed E-state index contributed by atoms with van der Waals surface area (Å²) in [5.41, 5.74) is 2.49. The second-order valence-corrected chi connectivity index (χ2v) is 5.23. The fourth-order valence-electron chi connectivity index (χ4n) is 2.55. The van der Waals surface area contributed by atoms with E-state index >= 15 is 0 Å². The zero-order valence-electron chi connectivity index (χ0n) is 12.4. The van der Waals surface area contributed by atoms with Crippen molar-refractivity contribution in [3.05, 3.63) is 77.5 Å². The molecule has 3 nitrogen and oxygen atoms in total. The van der Waals surface area contributed by atoms with E-state index in [2.05, 4.69) is 4.90 Å². The first-order valence-corrected chi connectivity index (χ1v) is 7.54. The first kappa shape index (κ1) is 14.5. The lowest BCUT2D eigenvalue weighted by Crippen LogP contribution is -2.38. The predicted molar refractivity (Wildman–Crippen MR) is 87.6 cm³/mol. The van der Waals surface area contributed by atoms with Crippen molar-refractivity contribution >= 4 is 11.9 Å². The number of benzene rings is 2. The van der Waals surface area contributed by atoms with Gasteiger partial charge in [0.15, 0.2) is 0 Å². The number of rotatable bonds is 4. The van der Waals surface area contributed by atoms with Gasteiger partial charge >= 0.3 is 0 Å². The van der Waals surface area contributed by atoms with E-state index in [-0.39, 0.29) is 5.78 Å². The van der Waals surface area contributed by atoms with Crippen LogP contribution in [0.5, 0.6) is 0 Å². The molecule has 0 amide bonds. The first-order chi connectivity index (χ1) is 10.8. The van der Waals surface area contributed by atoms with Gasteiger partial charge in [0.1, 0.15) is 0 Å². The van der Waals surface area contributed by atoms with E-state index in [1.54, 1.807) is 0 Å². The van der Waals surface area contributed by atoms with Crippen LogP contribution < -0.4 is 0 Å². The van der Waals surface area contributed by atoms with Crippen molar-refractivity contribution in [2.75, 3.05) is 26.3 Å². The SMILES string of the molecule is O=C(/C(=C/c1ccccc1)N1CCOCC1)c1ccccc1. The third-order valence-electron chi connectivity index (χ3n) is 3.72. The molecule has 1 fully saturated rings. The molecular weight excluding hydrogens is 274 g/mol. The minimum absolute atomic E-state index is 0.0614. The third kappa shape index (κ3) is 3.43. The summed E-state index contributed by atoms with van der Waals surface area (Å²) < 4.78 is 5.41. The number of allylic oxidation sites excluding steroid dienone is 1. The summed E-state index contributed by atoms with van der Waals surface area (Å²) >= 11 is 0. The molecule has 3 heteroatoms. The Morgan fingerprint density at radius 1 is 0.909 bits per heavy atom. The Kier molecular flexibility index (Phi) is 4.66. The minimum Gasteiger partial charge on any atom is -0.378 e. The van der Waals surface area contributed by atoms with Gasteiger partial charge in [-0.2, -0.15) is 0 Å². The third-order valence-corrected chi connectivity index (χ3v) is 3.72. The standard InChI is InChI=1S/C19H19NO2/c21-19(17-9-5-2-6-10-17)18(20-11-13-22-14-12-20)15-16-7-3-1-4-8-16/h1-10,15H,11-14H2/b18-15-. The maximum Gasteiger partial charge on any atom is 0.209 e. The fraction of sp³-hybridized carbons (Fsp3) is 0.211. The molecule has 0 saturated carbocycles. The van der Waals surface area contributed by atoms with Crippen LogP contribution in [0.15, 0.2) is 66.4 Å².